The highest BCUT2D eigenvalue weighted by atomic mass is 32.1. The van der Waals surface area contributed by atoms with E-state index in [9.17, 15) is 4.79 Å². The molecule has 2 rings (SSSR count). The summed E-state index contributed by atoms with van der Waals surface area (Å²) in [5.74, 6) is 0.268. The third kappa shape index (κ3) is 3.79. The van der Waals surface area contributed by atoms with Gasteiger partial charge < -0.3 is 9.73 Å². The highest BCUT2D eigenvalue weighted by molar-refractivity contribution is 7.80. The smallest absolute Gasteiger partial charge is 0.250 e. The molecule has 0 radical (unpaired) electrons. The van der Waals surface area contributed by atoms with Crippen LogP contribution in [0.4, 0.5) is 5.13 Å². The Hall–Kier alpha value is -1.99. The molecule has 0 atom stereocenters. The van der Waals surface area contributed by atoms with Gasteiger partial charge in [-0.05, 0) is 30.4 Å². The molecule has 0 fully saturated rings. The van der Waals surface area contributed by atoms with E-state index < -0.39 is 0 Å². The van der Waals surface area contributed by atoms with Crippen LogP contribution in [0.15, 0.2) is 40.5 Å². The van der Waals surface area contributed by atoms with E-state index >= 15 is 0 Å². The van der Waals surface area contributed by atoms with Gasteiger partial charge in [0.25, 0.3) is 0 Å². The fourth-order valence-corrected chi connectivity index (χ4v) is 1.91. The molecule has 0 aromatic carbocycles. The van der Waals surface area contributed by atoms with Crippen LogP contribution in [-0.2, 0) is 4.79 Å². The Kier molecular flexibility index (Phi) is 4.21. The van der Waals surface area contributed by atoms with Gasteiger partial charge in [0.2, 0.25) is 5.91 Å². The average Bonchev–Trinajstić information content (AvgIpc) is 2.98. The van der Waals surface area contributed by atoms with Gasteiger partial charge >= 0.3 is 0 Å². The van der Waals surface area contributed by atoms with Gasteiger partial charge in [0.1, 0.15) is 5.76 Å². The molecule has 0 saturated carbocycles. The molecule has 2 heterocycles. The number of hydrogen-bond donors (Lipinski definition) is 2. The lowest BCUT2D eigenvalue weighted by atomic mass is 10.4. The summed E-state index contributed by atoms with van der Waals surface area (Å²) in [7, 11) is 0. The third-order valence-electron chi connectivity index (χ3n) is 1.83. The molecular weight excluding hydrogens is 270 g/mol. The first-order valence-electron chi connectivity index (χ1n) is 4.97. The molecule has 92 valence electrons. The second kappa shape index (κ2) is 6.08. The van der Waals surface area contributed by atoms with Crippen molar-refractivity contribution in [3.05, 3.63) is 41.8 Å². The molecule has 2 N–H and O–H groups in total. The molecular formula is C11H9N3O2S2. The van der Waals surface area contributed by atoms with Gasteiger partial charge in [-0.15, -0.1) is 11.3 Å². The van der Waals surface area contributed by atoms with E-state index in [1.54, 1.807) is 24.4 Å². The summed E-state index contributed by atoms with van der Waals surface area (Å²) >= 11 is 6.35. The fraction of sp³-hybridized carbons (Fsp3) is 0. The third-order valence-corrected chi connectivity index (χ3v) is 2.72. The summed E-state index contributed by atoms with van der Waals surface area (Å²) in [6, 6.07) is 3.49. The molecule has 7 heteroatoms. The molecule has 0 spiro atoms. The summed E-state index contributed by atoms with van der Waals surface area (Å²) in [6.45, 7) is 0. The van der Waals surface area contributed by atoms with Crippen molar-refractivity contribution in [2.45, 2.75) is 0 Å². The van der Waals surface area contributed by atoms with Crippen LogP contribution in [0.1, 0.15) is 5.76 Å². The Bertz CT molecular complexity index is 547. The first kappa shape index (κ1) is 12.5. The minimum atomic E-state index is -0.333. The van der Waals surface area contributed by atoms with Crippen molar-refractivity contribution in [2.24, 2.45) is 0 Å². The minimum absolute atomic E-state index is 0.207. The first-order chi connectivity index (χ1) is 8.74. The number of carbonyl (C=O) groups is 1. The minimum Gasteiger partial charge on any atom is -0.465 e. The SMILES string of the molecule is O=C(C=Cc1ccco1)NC(=S)Nc1nccs1. The van der Waals surface area contributed by atoms with Crippen LogP contribution in [0.3, 0.4) is 0 Å². The van der Waals surface area contributed by atoms with E-state index in [0.717, 1.165) is 0 Å². The molecule has 0 unspecified atom stereocenters. The van der Waals surface area contributed by atoms with Crippen LogP contribution in [0.2, 0.25) is 0 Å². The van der Waals surface area contributed by atoms with Crippen LogP contribution in [0.5, 0.6) is 0 Å². The van der Waals surface area contributed by atoms with Crippen LogP contribution in [0.25, 0.3) is 6.08 Å². The van der Waals surface area contributed by atoms with Gasteiger partial charge in [0.05, 0.1) is 6.26 Å². The lowest BCUT2D eigenvalue weighted by Gasteiger charge is -2.03. The number of amides is 1. The van der Waals surface area contributed by atoms with Gasteiger partial charge in [-0.2, -0.15) is 0 Å². The molecule has 18 heavy (non-hydrogen) atoms. The number of hydrogen-bond acceptors (Lipinski definition) is 5. The predicted molar refractivity (Wildman–Crippen MR) is 74.2 cm³/mol. The number of thiocarbonyl (C=S) groups is 1. The van der Waals surface area contributed by atoms with Gasteiger partial charge in [0.15, 0.2) is 10.2 Å². The highest BCUT2D eigenvalue weighted by Gasteiger charge is 2.02. The van der Waals surface area contributed by atoms with Gasteiger partial charge in [-0.1, -0.05) is 0 Å². The zero-order valence-corrected chi connectivity index (χ0v) is 10.8. The quantitative estimate of drug-likeness (QED) is 0.666. The number of anilines is 1. The normalized spacial score (nSPS) is 10.4. The topological polar surface area (TPSA) is 67.2 Å². The van der Waals surface area contributed by atoms with Crippen LogP contribution in [0, 0.1) is 0 Å². The highest BCUT2D eigenvalue weighted by Crippen LogP contribution is 2.09. The molecule has 0 aliphatic rings. The average molecular weight is 279 g/mol. The maximum Gasteiger partial charge on any atom is 0.250 e. The molecule has 2 aromatic heterocycles. The number of aromatic nitrogens is 1. The Morgan fingerprint density at radius 1 is 1.56 bits per heavy atom. The maximum atomic E-state index is 11.5. The van der Waals surface area contributed by atoms with E-state index in [0.29, 0.717) is 10.9 Å². The van der Waals surface area contributed by atoms with Crippen molar-refractivity contribution in [3.8, 4) is 0 Å². The Morgan fingerprint density at radius 3 is 3.11 bits per heavy atom. The fourth-order valence-electron chi connectivity index (χ4n) is 1.11. The number of nitrogens with zero attached hydrogens (tertiary/aromatic N) is 1. The van der Waals surface area contributed by atoms with Crippen molar-refractivity contribution in [1.29, 1.82) is 0 Å². The van der Waals surface area contributed by atoms with Gasteiger partial charge in [0, 0.05) is 17.7 Å². The van der Waals surface area contributed by atoms with Crippen molar-refractivity contribution in [3.63, 3.8) is 0 Å². The van der Waals surface area contributed by atoms with E-state index in [1.807, 2.05) is 5.38 Å². The summed E-state index contributed by atoms with van der Waals surface area (Å²) < 4.78 is 5.05. The van der Waals surface area contributed by atoms with Crippen LogP contribution < -0.4 is 10.6 Å². The van der Waals surface area contributed by atoms with Crippen LogP contribution in [-0.4, -0.2) is 16.0 Å². The van der Waals surface area contributed by atoms with Crippen molar-refractivity contribution < 1.29 is 9.21 Å². The monoisotopic (exact) mass is 279 g/mol. The Labute approximate surface area is 113 Å². The van der Waals surface area contributed by atoms with Crippen molar-refractivity contribution >= 4 is 45.8 Å². The molecule has 0 aliphatic carbocycles. The Balaban J connectivity index is 1.82. The van der Waals surface area contributed by atoms with Crippen molar-refractivity contribution in [2.75, 3.05) is 5.32 Å². The number of furan rings is 1. The number of thiazole rings is 1. The number of rotatable bonds is 3. The molecule has 1 amide bonds. The molecule has 2 aromatic rings. The molecule has 5 nitrogen and oxygen atoms in total. The van der Waals surface area contributed by atoms with E-state index in [1.165, 1.54) is 23.7 Å². The molecule has 0 aliphatic heterocycles. The summed E-state index contributed by atoms with van der Waals surface area (Å²) in [5.41, 5.74) is 0. The summed E-state index contributed by atoms with van der Waals surface area (Å²) in [6.07, 6.45) is 6.08. The van der Waals surface area contributed by atoms with Crippen molar-refractivity contribution in [1.82, 2.24) is 10.3 Å². The zero-order valence-electron chi connectivity index (χ0n) is 9.12. The largest absolute Gasteiger partial charge is 0.465 e. The van der Waals surface area contributed by atoms with E-state index in [-0.39, 0.29) is 11.0 Å². The molecule has 0 saturated heterocycles. The Morgan fingerprint density at radius 2 is 2.44 bits per heavy atom. The number of nitrogens with one attached hydrogen (secondary N) is 2. The van der Waals surface area contributed by atoms with Crippen LogP contribution >= 0.6 is 23.6 Å². The molecule has 0 bridgehead atoms. The first-order valence-corrected chi connectivity index (χ1v) is 6.26. The predicted octanol–water partition coefficient (Wildman–Crippen LogP) is 2.26. The van der Waals surface area contributed by atoms with E-state index in [4.69, 9.17) is 16.6 Å². The summed E-state index contributed by atoms with van der Waals surface area (Å²) in [5, 5.41) is 7.95. The zero-order chi connectivity index (χ0) is 12.8. The number of carbonyl (C=O) groups excluding carboxylic acids is 1. The van der Waals surface area contributed by atoms with Gasteiger partial charge in [-0.3, -0.25) is 10.1 Å². The van der Waals surface area contributed by atoms with E-state index in [2.05, 4.69) is 15.6 Å². The second-order valence-corrected chi connectivity index (χ2v) is 4.43. The summed E-state index contributed by atoms with van der Waals surface area (Å²) in [4.78, 5) is 15.5. The second-order valence-electron chi connectivity index (χ2n) is 3.13. The standard InChI is InChI=1S/C11H9N3O2S2/c15-9(4-3-8-2-1-6-16-8)13-10(17)14-11-12-5-7-18-11/h1-7H,(H2,12,13,14,15,17). The van der Waals surface area contributed by atoms with Gasteiger partial charge in [-0.25, -0.2) is 4.98 Å². The lowest BCUT2D eigenvalue weighted by molar-refractivity contribution is -0.115. The lowest BCUT2D eigenvalue weighted by Crippen LogP contribution is -2.32. The maximum absolute atomic E-state index is 11.5.